The minimum Gasteiger partial charge on any atom is -0.478 e. The van der Waals surface area contributed by atoms with Gasteiger partial charge in [0.05, 0.1) is 10.5 Å². The molecule has 1 aromatic rings. The molecule has 0 aliphatic heterocycles. The molecule has 0 atom stereocenters. The molecule has 0 radical (unpaired) electrons. The van der Waals surface area contributed by atoms with Crippen LogP contribution in [0.3, 0.4) is 0 Å². The van der Waals surface area contributed by atoms with E-state index in [1.807, 2.05) is 6.92 Å². The summed E-state index contributed by atoms with van der Waals surface area (Å²) < 4.78 is 0. The lowest BCUT2D eigenvalue weighted by atomic mass is 9.74. The fraction of sp³-hybridized carbons (Fsp3) is 0.462. The maximum atomic E-state index is 11.0. The number of carboxylic acid groups (broad SMARTS) is 1. The number of anilines is 1. The van der Waals surface area contributed by atoms with Crippen molar-refractivity contribution in [3.63, 3.8) is 0 Å². The second kappa shape index (κ2) is 4.87. The highest BCUT2D eigenvalue weighted by Gasteiger charge is 2.36. The molecule has 0 bridgehead atoms. The number of hydrogen-bond acceptors (Lipinski definition) is 4. The van der Waals surface area contributed by atoms with E-state index in [0.29, 0.717) is 5.69 Å². The minimum atomic E-state index is -1.09. The van der Waals surface area contributed by atoms with Crippen LogP contribution in [0.25, 0.3) is 0 Å². The third kappa shape index (κ3) is 2.52. The van der Waals surface area contributed by atoms with E-state index in [4.69, 9.17) is 5.11 Å². The fourth-order valence-electron chi connectivity index (χ4n) is 2.38. The van der Waals surface area contributed by atoms with Gasteiger partial charge in [-0.25, -0.2) is 4.79 Å². The van der Waals surface area contributed by atoms with Gasteiger partial charge in [-0.2, -0.15) is 0 Å². The lowest BCUT2D eigenvalue weighted by Crippen LogP contribution is -2.44. The van der Waals surface area contributed by atoms with Crippen molar-refractivity contribution in [2.24, 2.45) is 0 Å². The van der Waals surface area contributed by atoms with Crippen LogP contribution in [-0.4, -0.2) is 21.5 Å². The van der Waals surface area contributed by atoms with Crippen LogP contribution in [0.5, 0.6) is 0 Å². The number of carboxylic acids is 1. The highest BCUT2D eigenvalue weighted by molar-refractivity contribution is 5.90. The highest BCUT2D eigenvalue weighted by Crippen LogP contribution is 2.40. The second-order valence-electron chi connectivity index (χ2n) is 4.91. The highest BCUT2D eigenvalue weighted by atomic mass is 16.6. The molecular weight excluding hydrogens is 248 g/mol. The van der Waals surface area contributed by atoms with Gasteiger partial charge in [0.15, 0.2) is 0 Å². The molecule has 0 heterocycles. The predicted octanol–water partition coefficient (Wildman–Crippen LogP) is 3.04. The van der Waals surface area contributed by atoms with E-state index in [0.717, 1.165) is 25.7 Å². The average Bonchev–Trinajstić information content (AvgIpc) is 2.33. The van der Waals surface area contributed by atoms with Gasteiger partial charge in [0.25, 0.3) is 5.69 Å². The molecule has 0 amide bonds. The monoisotopic (exact) mass is 264 g/mol. The SMILES string of the molecule is CCC1(Nc2cc(C(=O)O)ccc2[N+](=O)[O-])CCC1. The van der Waals surface area contributed by atoms with E-state index in [9.17, 15) is 14.9 Å². The molecule has 2 N–H and O–H groups in total. The molecule has 0 aromatic heterocycles. The van der Waals surface area contributed by atoms with Crippen molar-refractivity contribution < 1.29 is 14.8 Å². The van der Waals surface area contributed by atoms with E-state index in [-0.39, 0.29) is 16.8 Å². The summed E-state index contributed by atoms with van der Waals surface area (Å²) >= 11 is 0. The van der Waals surface area contributed by atoms with Gasteiger partial charge in [-0.1, -0.05) is 6.92 Å². The molecule has 1 aliphatic rings. The van der Waals surface area contributed by atoms with Gasteiger partial charge < -0.3 is 10.4 Å². The first-order chi connectivity index (χ1) is 8.97. The molecule has 1 saturated carbocycles. The molecule has 6 heteroatoms. The second-order valence-corrected chi connectivity index (χ2v) is 4.91. The molecule has 0 spiro atoms. The molecule has 6 nitrogen and oxygen atoms in total. The summed E-state index contributed by atoms with van der Waals surface area (Å²) in [5.74, 6) is -1.09. The Morgan fingerprint density at radius 2 is 2.21 bits per heavy atom. The quantitative estimate of drug-likeness (QED) is 0.629. The van der Waals surface area contributed by atoms with Crippen LogP contribution in [-0.2, 0) is 0 Å². The maximum Gasteiger partial charge on any atom is 0.335 e. The summed E-state index contributed by atoms with van der Waals surface area (Å²) in [6, 6.07) is 3.84. The maximum absolute atomic E-state index is 11.0. The van der Waals surface area contributed by atoms with Crippen molar-refractivity contribution in [1.82, 2.24) is 0 Å². The lowest BCUT2D eigenvalue weighted by molar-refractivity contribution is -0.384. The number of aromatic carboxylic acids is 1. The Hall–Kier alpha value is -2.11. The van der Waals surface area contributed by atoms with Gasteiger partial charge in [0.1, 0.15) is 5.69 Å². The average molecular weight is 264 g/mol. The summed E-state index contributed by atoms with van der Waals surface area (Å²) in [5.41, 5.74) is 0.150. The molecule has 0 saturated heterocycles. The number of nitro benzene ring substituents is 1. The Balaban J connectivity index is 2.37. The molecule has 0 unspecified atom stereocenters. The first kappa shape index (κ1) is 13.3. The zero-order chi connectivity index (χ0) is 14.0. The summed E-state index contributed by atoms with van der Waals surface area (Å²) in [4.78, 5) is 21.5. The predicted molar refractivity (Wildman–Crippen MR) is 70.6 cm³/mol. The van der Waals surface area contributed by atoms with Crippen LogP contribution in [0.15, 0.2) is 18.2 Å². The first-order valence-electron chi connectivity index (χ1n) is 6.27. The standard InChI is InChI=1S/C13H16N2O4/c1-2-13(6-3-7-13)14-10-8-9(12(16)17)4-5-11(10)15(18)19/h4-5,8,14H,2-3,6-7H2,1H3,(H,16,17). The van der Waals surface area contributed by atoms with Crippen molar-refractivity contribution in [1.29, 1.82) is 0 Å². The van der Waals surface area contributed by atoms with E-state index in [1.165, 1.54) is 18.2 Å². The van der Waals surface area contributed by atoms with Crippen molar-refractivity contribution >= 4 is 17.3 Å². The van der Waals surface area contributed by atoms with Gasteiger partial charge in [0, 0.05) is 11.6 Å². The Morgan fingerprint density at radius 1 is 1.53 bits per heavy atom. The van der Waals surface area contributed by atoms with Crippen molar-refractivity contribution in [2.75, 3.05) is 5.32 Å². The van der Waals surface area contributed by atoms with E-state index >= 15 is 0 Å². The fourth-order valence-corrected chi connectivity index (χ4v) is 2.38. The Morgan fingerprint density at radius 3 is 2.63 bits per heavy atom. The molecule has 19 heavy (non-hydrogen) atoms. The number of rotatable bonds is 5. The number of carbonyl (C=O) groups is 1. The molecule has 1 aromatic carbocycles. The zero-order valence-corrected chi connectivity index (χ0v) is 10.7. The molecule has 1 fully saturated rings. The Bertz CT molecular complexity index is 518. The van der Waals surface area contributed by atoms with E-state index < -0.39 is 10.9 Å². The molecular formula is C13H16N2O4. The summed E-state index contributed by atoms with van der Waals surface area (Å²) in [5, 5.41) is 23.2. The van der Waals surface area contributed by atoms with E-state index in [1.54, 1.807) is 0 Å². The molecule has 102 valence electrons. The topological polar surface area (TPSA) is 92.5 Å². The smallest absolute Gasteiger partial charge is 0.335 e. The number of nitrogens with one attached hydrogen (secondary N) is 1. The summed E-state index contributed by atoms with van der Waals surface area (Å²) in [7, 11) is 0. The third-order valence-electron chi connectivity index (χ3n) is 3.83. The van der Waals surface area contributed by atoms with Gasteiger partial charge >= 0.3 is 5.97 Å². The zero-order valence-electron chi connectivity index (χ0n) is 10.7. The molecule has 2 rings (SSSR count). The van der Waals surface area contributed by atoms with Gasteiger partial charge in [-0.05, 0) is 37.8 Å². The van der Waals surface area contributed by atoms with Crippen LogP contribution >= 0.6 is 0 Å². The van der Waals surface area contributed by atoms with Crippen molar-refractivity contribution in [3.05, 3.63) is 33.9 Å². The Kier molecular flexibility index (Phi) is 3.42. The minimum absolute atomic E-state index is 0.0543. The number of benzene rings is 1. The van der Waals surface area contributed by atoms with Crippen molar-refractivity contribution in [2.45, 2.75) is 38.1 Å². The first-order valence-corrected chi connectivity index (χ1v) is 6.27. The summed E-state index contributed by atoms with van der Waals surface area (Å²) in [6.07, 6.45) is 3.87. The van der Waals surface area contributed by atoms with Gasteiger partial charge in [0.2, 0.25) is 0 Å². The normalized spacial score (nSPS) is 16.5. The number of nitrogens with zero attached hydrogens (tertiary/aromatic N) is 1. The Labute approximate surface area is 110 Å². The third-order valence-corrected chi connectivity index (χ3v) is 3.83. The van der Waals surface area contributed by atoms with E-state index in [2.05, 4.69) is 5.32 Å². The lowest BCUT2D eigenvalue weighted by Gasteiger charge is -2.42. The van der Waals surface area contributed by atoms with Crippen LogP contribution in [0.2, 0.25) is 0 Å². The van der Waals surface area contributed by atoms with Crippen LogP contribution in [0.1, 0.15) is 43.0 Å². The summed E-state index contributed by atoms with van der Waals surface area (Å²) in [6.45, 7) is 2.03. The van der Waals surface area contributed by atoms with Gasteiger partial charge in [-0.15, -0.1) is 0 Å². The largest absolute Gasteiger partial charge is 0.478 e. The van der Waals surface area contributed by atoms with Crippen LogP contribution in [0, 0.1) is 10.1 Å². The van der Waals surface area contributed by atoms with Gasteiger partial charge in [-0.3, -0.25) is 10.1 Å². The number of nitro groups is 1. The van der Waals surface area contributed by atoms with Crippen LogP contribution in [0.4, 0.5) is 11.4 Å². The van der Waals surface area contributed by atoms with Crippen molar-refractivity contribution in [3.8, 4) is 0 Å². The van der Waals surface area contributed by atoms with Crippen LogP contribution < -0.4 is 5.32 Å². The number of hydrogen-bond donors (Lipinski definition) is 2. The molecule has 1 aliphatic carbocycles.